The van der Waals surface area contributed by atoms with E-state index >= 15 is 0 Å². The molecule has 0 saturated heterocycles. The fourth-order valence-electron chi connectivity index (χ4n) is 2.22. The first kappa shape index (κ1) is 14.2. The van der Waals surface area contributed by atoms with E-state index < -0.39 is 17.3 Å². The van der Waals surface area contributed by atoms with E-state index in [4.69, 9.17) is 12.2 Å². The van der Waals surface area contributed by atoms with Gasteiger partial charge in [-0.1, -0.05) is 18.2 Å². The monoisotopic (exact) mass is 313 g/mol. The molecule has 1 aromatic heterocycles. The molecule has 2 aromatic rings. The van der Waals surface area contributed by atoms with Gasteiger partial charge in [-0.05, 0) is 36.9 Å². The first-order chi connectivity index (χ1) is 10.5. The van der Waals surface area contributed by atoms with Gasteiger partial charge in [-0.15, -0.1) is 0 Å². The molecule has 1 aromatic carbocycles. The van der Waals surface area contributed by atoms with Gasteiger partial charge in [0.15, 0.2) is 4.77 Å². The molecule has 0 radical (unpaired) electrons. The van der Waals surface area contributed by atoms with Crippen LogP contribution in [-0.4, -0.2) is 21.0 Å². The topological polar surface area (TPSA) is 98.3 Å². The standard InChI is InChI=1S/C15H11N3O3S/c1-7-3-2-4-8-5-9(12(19)16-11(7)8)6-10-13(20)17-15(22)18-14(10)21/h2-6H,1H3,(H3,17,18,20,21,22). The van der Waals surface area contributed by atoms with Crippen LogP contribution in [-0.2, 0) is 4.79 Å². The number of nitrogens with zero attached hydrogens (tertiary/aromatic N) is 1. The fraction of sp³-hybridized carbons (Fsp3) is 0.0667. The maximum atomic E-state index is 12.1. The summed E-state index contributed by atoms with van der Waals surface area (Å²) >= 11 is 4.76. The van der Waals surface area contributed by atoms with Gasteiger partial charge >= 0.3 is 0 Å². The number of para-hydroxylation sites is 1. The summed E-state index contributed by atoms with van der Waals surface area (Å²) in [6.07, 6.45) is 2.93. The number of hydrogen-bond donors (Lipinski definition) is 3. The average molecular weight is 313 g/mol. The summed E-state index contributed by atoms with van der Waals surface area (Å²) in [5, 5.41) is 11.2. The van der Waals surface area contributed by atoms with E-state index in [1.807, 2.05) is 25.1 Å². The number of aromatic hydroxyl groups is 1. The van der Waals surface area contributed by atoms with E-state index in [0.717, 1.165) is 10.8 Å². The summed E-state index contributed by atoms with van der Waals surface area (Å²) in [6, 6.07) is 5.55. The normalized spacial score (nSPS) is 15.1. The van der Waals surface area contributed by atoms with Crippen LogP contribution >= 0.6 is 12.2 Å². The van der Waals surface area contributed by atoms with E-state index in [9.17, 15) is 14.7 Å². The van der Waals surface area contributed by atoms with Crippen LogP contribution in [0.4, 0.5) is 0 Å². The predicted molar refractivity (Wildman–Crippen MR) is 83.3 cm³/mol. The van der Waals surface area contributed by atoms with Crippen molar-refractivity contribution in [2.75, 3.05) is 0 Å². The maximum Gasteiger partial charge on any atom is 0.277 e. The highest BCUT2D eigenvalue weighted by Crippen LogP contribution is 2.14. The Morgan fingerprint density at radius 3 is 2.77 bits per heavy atom. The highest BCUT2D eigenvalue weighted by Gasteiger charge is 2.14. The predicted octanol–water partition coefficient (Wildman–Crippen LogP) is 0.470. The number of H-pyrrole nitrogens is 2. The molecule has 1 aliphatic rings. The molecule has 1 amide bonds. The van der Waals surface area contributed by atoms with Crippen LogP contribution in [0, 0.1) is 11.7 Å². The number of benzene rings is 1. The lowest BCUT2D eigenvalue weighted by atomic mass is 10.1. The minimum atomic E-state index is -0.579. The molecule has 3 rings (SSSR count). The van der Waals surface area contributed by atoms with Crippen LogP contribution in [0.3, 0.4) is 0 Å². The van der Waals surface area contributed by atoms with Crippen LogP contribution in [0.15, 0.2) is 33.6 Å². The molecule has 2 heterocycles. The summed E-state index contributed by atoms with van der Waals surface area (Å²) in [6.45, 7) is 1.87. The molecule has 0 aliphatic carbocycles. The van der Waals surface area contributed by atoms with Gasteiger partial charge in [-0.2, -0.15) is 0 Å². The molecule has 7 heteroatoms. The van der Waals surface area contributed by atoms with Crippen LogP contribution in [0.5, 0.6) is 5.88 Å². The Hall–Kier alpha value is -2.80. The van der Waals surface area contributed by atoms with Gasteiger partial charge in [0.25, 0.3) is 11.5 Å². The molecule has 0 bridgehead atoms. The molecular weight excluding hydrogens is 302 g/mol. The highest BCUT2D eigenvalue weighted by atomic mass is 32.1. The van der Waals surface area contributed by atoms with Gasteiger partial charge in [0.1, 0.15) is 5.56 Å². The molecular formula is C15H11N3O3S. The van der Waals surface area contributed by atoms with Crippen molar-refractivity contribution in [3.05, 3.63) is 60.6 Å². The second-order valence-electron chi connectivity index (χ2n) is 4.84. The second kappa shape index (κ2) is 5.19. The zero-order chi connectivity index (χ0) is 15.9. The third-order valence-electron chi connectivity index (χ3n) is 3.30. The van der Waals surface area contributed by atoms with Crippen LogP contribution in [0.25, 0.3) is 12.2 Å². The summed E-state index contributed by atoms with van der Waals surface area (Å²) in [7, 11) is 0. The SMILES string of the molecule is Cc1cccc2c1=NC(=O)C(=Cc1c(O)[nH]c(=S)[nH]c1=O)C=2. The smallest absolute Gasteiger partial charge is 0.277 e. The molecule has 6 nitrogen and oxygen atoms in total. The Kier molecular flexibility index (Phi) is 3.34. The Morgan fingerprint density at radius 1 is 1.27 bits per heavy atom. The molecule has 22 heavy (non-hydrogen) atoms. The van der Waals surface area contributed by atoms with E-state index in [-0.39, 0.29) is 15.9 Å². The van der Waals surface area contributed by atoms with E-state index in [0.29, 0.717) is 5.36 Å². The quantitative estimate of drug-likeness (QED) is 0.526. The number of fused-ring (bicyclic) bond motifs is 1. The fourth-order valence-corrected chi connectivity index (χ4v) is 2.41. The Morgan fingerprint density at radius 2 is 2.05 bits per heavy atom. The first-order valence-electron chi connectivity index (χ1n) is 6.43. The summed E-state index contributed by atoms with van der Waals surface area (Å²) in [4.78, 5) is 32.8. The summed E-state index contributed by atoms with van der Waals surface area (Å²) < 4.78 is 0.00857. The largest absolute Gasteiger partial charge is 0.494 e. The number of amides is 1. The second-order valence-corrected chi connectivity index (χ2v) is 5.25. The van der Waals surface area contributed by atoms with Crippen molar-refractivity contribution in [2.45, 2.75) is 6.92 Å². The molecule has 110 valence electrons. The van der Waals surface area contributed by atoms with Gasteiger partial charge in [0, 0.05) is 10.8 Å². The number of nitrogens with one attached hydrogen (secondary N) is 2. The molecule has 1 aliphatic heterocycles. The number of aromatic amines is 2. The molecule has 0 unspecified atom stereocenters. The van der Waals surface area contributed by atoms with Crippen molar-refractivity contribution in [3.8, 4) is 5.88 Å². The van der Waals surface area contributed by atoms with E-state index in [1.165, 1.54) is 6.08 Å². The van der Waals surface area contributed by atoms with E-state index in [1.54, 1.807) is 6.08 Å². The number of hydrogen-bond acceptors (Lipinski definition) is 4. The van der Waals surface area contributed by atoms with Crippen LogP contribution < -0.4 is 16.1 Å². The molecule has 0 saturated carbocycles. The zero-order valence-corrected chi connectivity index (χ0v) is 12.3. The molecule has 3 N–H and O–H groups in total. The Bertz CT molecular complexity index is 1060. The van der Waals surface area contributed by atoms with E-state index in [2.05, 4.69) is 15.0 Å². The van der Waals surface area contributed by atoms with Crippen molar-refractivity contribution in [2.24, 2.45) is 4.99 Å². The minimum Gasteiger partial charge on any atom is -0.494 e. The third-order valence-corrected chi connectivity index (χ3v) is 3.50. The maximum absolute atomic E-state index is 12.1. The third kappa shape index (κ3) is 2.42. The lowest BCUT2D eigenvalue weighted by Crippen LogP contribution is -2.32. The minimum absolute atomic E-state index is 0.00857. The molecule has 0 spiro atoms. The van der Waals surface area contributed by atoms with Crippen molar-refractivity contribution in [1.82, 2.24) is 9.97 Å². The number of aryl methyl sites for hydroxylation is 1. The van der Waals surface area contributed by atoms with Gasteiger partial charge < -0.3 is 10.1 Å². The average Bonchev–Trinajstić information content (AvgIpc) is 2.44. The Labute approximate surface area is 129 Å². The van der Waals surface area contributed by atoms with Gasteiger partial charge in [0.05, 0.1) is 5.36 Å². The number of aromatic nitrogens is 2. The van der Waals surface area contributed by atoms with Gasteiger partial charge in [-0.25, -0.2) is 4.99 Å². The van der Waals surface area contributed by atoms with Crippen LogP contribution in [0.1, 0.15) is 11.1 Å². The van der Waals surface area contributed by atoms with Gasteiger partial charge in [-0.3, -0.25) is 14.6 Å². The zero-order valence-electron chi connectivity index (χ0n) is 11.5. The van der Waals surface area contributed by atoms with Crippen molar-refractivity contribution >= 4 is 30.3 Å². The Balaban J connectivity index is 2.25. The van der Waals surface area contributed by atoms with Crippen LogP contribution in [0.2, 0.25) is 0 Å². The van der Waals surface area contributed by atoms with Crippen molar-refractivity contribution < 1.29 is 9.90 Å². The van der Waals surface area contributed by atoms with Crippen molar-refractivity contribution in [1.29, 1.82) is 0 Å². The van der Waals surface area contributed by atoms with Gasteiger partial charge in [0.2, 0.25) is 5.88 Å². The number of carbonyl (C=O) groups excluding carboxylic acids is 1. The molecule has 0 atom stereocenters. The number of carbonyl (C=O) groups is 1. The highest BCUT2D eigenvalue weighted by molar-refractivity contribution is 7.71. The molecule has 0 fully saturated rings. The summed E-state index contributed by atoms with van der Waals surface area (Å²) in [5.41, 5.74) is 0.458. The number of rotatable bonds is 1. The van der Waals surface area contributed by atoms with Crippen molar-refractivity contribution in [3.63, 3.8) is 0 Å². The summed E-state index contributed by atoms with van der Waals surface area (Å²) in [5.74, 6) is -0.861. The lowest BCUT2D eigenvalue weighted by Gasteiger charge is -2.05. The lowest BCUT2D eigenvalue weighted by molar-refractivity contribution is -0.114. The first-order valence-corrected chi connectivity index (χ1v) is 6.84.